The van der Waals surface area contributed by atoms with Crippen molar-refractivity contribution in [1.29, 1.82) is 0 Å². The van der Waals surface area contributed by atoms with Crippen LogP contribution in [0.25, 0.3) is 0 Å². The molecule has 2 atom stereocenters. The van der Waals surface area contributed by atoms with Crippen LogP contribution in [0.4, 0.5) is 5.95 Å². The maximum absolute atomic E-state index is 5.88. The van der Waals surface area contributed by atoms with Crippen LogP contribution in [0.3, 0.4) is 0 Å². The Morgan fingerprint density at radius 3 is 2.50 bits per heavy atom. The number of ether oxygens (including phenoxy) is 3. The molecule has 0 unspecified atom stereocenters. The quantitative estimate of drug-likeness (QED) is 0.680. The van der Waals surface area contributed by atoms with Crippen molar-refractivity contribution in [3.63, 3.8) is 0 Å². The molecular weight excluding hydrogens is 400 g/mol. The molecule has 1 aliphatic heterocycles. The van der Waals surface area contributed by atoms with E-state index in [0.29, 0.717) is 19.8 Å². The van der Waals surface area contributed by atoms with Gasteiger partial charge in [-0.2, -0.15) is 0 Å². The molecule has 0 spiro atoms. The predicted molar refractivity (Wildman–Crippen MR) is 103 cm³/mol. The normalized spacial score (nSPS) is 20.4. The minimum absolute atomic E-state index is 0.161. The standard InChI is InChI=1S/C18H25BrN4O3/c1-13-10-22(11-14(2)26-13)18-21-20-17(23(18)8-9-24-3)12-25-16-6-4-15(19)5-7-16/h4-7,13-14H,8-12H2,1-3H3/t13-,14+. The van der Waals surface area contributed by atoms with E-state index < -0.39 is 0 Å². The number of benzene rings is 1. The molecule has 1 aliphatic rings. The van der Waals surface area contributed by atoms with Crippen molar-refractivity contribution in [3.05, 3.63) is 34.6 Å². The molecule has 0 aliphatic carbocycles. The molecule has 26 heavy (non-hydrogen) atoms. The minimum Gasteiger partial charge on any atom is -0.486 e. The smallest absolute Gasteiger partial charge is 0.227 e. The molecule has 7 nitrogen and oxygen atoms in total. The number of methoxy groups -OCH3 is 1. The molecular formula is C18H25BrN4O3. The van der Waals surface area contributed by atoms with Crippen LogP contribution in [-0.2, 0) is 22.6 Å². The van der Waals surface area contributed by atoms with E-state index >= 15 is 0 Å². The average Bonchev–Trinajstić information content (AvgIpc) is 3.01. The Balaban J connectivity index is 1.76. The van der Waals surface area contributed by atoms with Crippen molar-refractivity contribution < 1.29 is 14.2 Å². The lowest BCUT2D eigenvalue weighted by atomic mass is 10.2. The molecule has 1 aromatic heterocycles. The van der Waals surface area contributed by atoms with Crippen LogP contribution >= 0.6 is 15.9 Å². The highest BCUT2D eigenvalue weighted by Gasteiger charge is 2.27. The van der Waals surface area contributed by atoms with Crippen molar-refractivity contribution in [1.82, 2.24) is 14.8 Å². The third-order valence-electron chi connectivity index (χ3n) is 4.21. The number of nitrogens with zero attached hydrogens (tertiary/aromatic N) is 4. The minimum atomic E-state index is 0.161. The summed E-state index contributed by atoms with van der Waals surface area (Å²) >= 11 is 3.43. The highest BCUT2D eigenvalue weighted by atomic mass is 79.9. The number of anilines is 1. The third-order valence-corrected chi connectivity index (χ3v) is 4.74. The molecule has 142 valence electrons. The van der Waals surface area contributed by atoms with Gasteiger partial charge in [0.1, 0.15) is 12.4 Å². The summed E-state index contributed by atoms with van der Waals surface area (Å²) in [6.07, 6.45) is 0.322. The van der Waals surface area contributed by atoms with Crippen LogP contribution in [0, 0.1) is 0 Å². The van der Waals surface area contributed by atoms with Gasteiger partial charge in [0.15, 0.2) is 5.82 Å². The van der Waals surface area contributed by atoms with Crippen LogP contribution in [0.1, 0.15) is 19.7 Å². The molecule has 0 amide bonds. The van der Waals surface area contributed by atoms with Gasteiger partial charge in [-0.05, 0) is 38.1 Å². The van der Waals surface area contributed by atoms with Crippen molar-refractivity contribution in [2.45, 2.75) is 39.2 Å². The summed E-state index contributed by atoms with van der Waals surface area (Å²) in [5.74, 6) is 2.43. The Morgan fingerprint density at radius 2 is 1.85 bits per heavy atom. The van der Waals surface area contributed by atoms with E-state index in [1.165, 1.54) is 0 Å². The first-order chi connectivity index (χ1) is 12.6. The largest absolute Gasteiger partial charge is 0.486 e. The molecule has 3 rings (SSSR count). The number of rotatable bonds is 7. The monoisotopic (exact) mass is 424 g/mol. The Hall–Kier alpha value is -1.64. The average molecular weight is 425 g/mol. The summed E-state index contributed by atoms with van der Waals surface area (Å²) in [7, 11) is 1.70. The van der Waals surface area contributed by atoms with Crippen molar-refractivity contribution in [2.75, 3.05) is 31.7 Å². The number of hydrogen-bond donors (Lipinski definition) is 0. The fourth-order valence-corrected chi connectivity index (χ4v) is 3.36. The van der Waals surface area contributed by atoms with Crippen LogP contribution in [0.5, 0.6) is 5.75 Å². The summed E-state index contributed by atoms with van der Waals surface area (Å²) in [5, 5.41) is 8.80. The molecule has 0 bridgehead atoms. The summed E-state index contributed by atoms with van der Waals surface area (Å²) in [4.78, 5) is 2.23. The van der Waals surface area contributed by atoms with Gasteiger partial charge in [-0.25, -0.2) is 0 Å². The van der Waals surface area contributed by atoms with Gasteiger partial charge in [0.05, 0.1) is 25.4 Å². The van der Waals surface area contributed by atoms with E-state index in [1.54, 1.807) is 7.11 Å². The number of hydrogen-bond acceptors (Lipinski definition) is 6. The molecule has 0 radical (unpaired) electrons. The molecule has 1 aromatic carbocycles. The third kappa shape index (κ3) is 4.75. The Morgan fingerprint density at radius 1 is 1.15 bits per heavy atom. The number of morpholine rings is 1. The van der Waals surface area contributed by atoms with Gasteiger partial charge in [0, 0.05) is 24.7 Å². The second kappa shape index (κ2) is 8.83. The molecule has 1 fully saturated rings. The predicted octanol–water partition coefficient (Wildman–Crippen LogP) is 2.88. The van der Waals surface area contributed by atoms with E-state index in [-0.39, 0.29) is 12.2 Å². The highest BCUT2D eigenvalue weighted by Crippen LogP contribution is 2.21. The van der Waals surface area contributed by atoms with E-state index in [4.69, 9.17) is 14.2 Å². The molecule has 0 N–H and O–H groups in total. The first kappa shape index (κ1) is 19.1. The van der Waals surface area contributed by atoms with Gasteiger partial charge in [-0.15, -0.1) is 10.2 Å². The van der Waals surface area contributed by atoms with Gasteiger partial charge in [0.25, 0.3) is 0 Å². The number of halogens is 1. The molecule has 0 saturated carbocycles. The van der Waals surface area contributed by atoms with Gasteiger partial charge in [-0.1, -0.05) is 15.9 Å². The van der Waals surface area contributed by atoms with Gasteiger partial charge < -0.3 is 19.1 Å². The Labute approximate surface area is 162 Å². The van der Waals surface area contributed by atoms with Crippen molar-refractivity contribution in [3.8, 4) is 5.75 Å². The van der Waals surface area contributed by atoms with Crippen LogP contribution < -0.4 is 9.64 Å². The molecule has 8 heteroatoms. The van der Waals surface area contributed by atoms with Gasteiger partial charge in [0.2, 0.25) is 5.95 Å². The maximum Gasteiger partial charge on any atom is 0.227 e. The summed E-state index contributed by atoms with van der Waals surface area (Å²) < 4.78 is 20.1. The Bertz CT molecular complexity index is 697. The van der Waals surface area contributed by atoms with Crippen LogP contribution in [-0.4, -0.2) is 53.8 Å². The number of aromatic nitrogens is 3. The zero-order valence-corrected chi connectivity index (χ0v) is 17.0. The van der Waals surface area contributed by atoms with Crippen LogP contribution in [0.2, 0.25) is 0 Å². The molecule has 1 saturated heterocycles. The summed E-state index contributed by atoms with van der Waals surface area (Å²) in [6, 6.07) is 7.75. The summed E-state index contributed by atoms with van der Waals surface area (Å²) in [5.41, 5.74) is 0. The lowest BCUT2D eigenvalue weighted by molar-refractivity contribution is -0.00598. The second-order valence-electron chi connectivity index (χ2n) is 6.47. The van der Waals surface area contributed by atoms with Crippen LogP contribution in [0.15, 0.2) is 28.7 Å². The van der Waals surface area contributed by atoms with Gasteiger partial charge >= 0.3 is 0 Å². The second-order valence-corrected chi connectivity index (χ2v) is 7.38. The SMILES string of the molecule is COCCn1c(COc2ccc(Br)cc2)nnc1N1C[C@@H](C)O[C@@H](C)C1. The zero-order valence-electron chi connectivity index (χ0n) is 15.4. The maximum atomic E-state index is 5.88. The van der Waals surface area contributed by atoms with Gasteiger partial charge in [-0.3, -0.25) is 4.57 Å². The van der Waals surface area contributed by atoms with E-state index in [0.717, 1.165) is 35.1 Å². The lowest BCUT2D eigenvalue weighted by Gasteiger charge is -2.35. The van der Waals surface area contributed by atoms with Crippen molar-refractivity contribution in [2.24, 2.45) is 0 Å². The first-order valence-electron chi connectivity index (χ1n) is 8.76. The lowest BCUT2D eigenvalue weighted by Crippen LogP contribution is -2.46. The van der Waals surface area contributed by atoms with E-state index in [2.05, 4.69) is 49.4 Å². The highest BCUT2D eigenvalue weighted by molar-refractivity contribution is 9.10. The fraction of sp³-hybridized carbons (Fsp3) is 0.556. The molecule has 2 aromatic rings. The van der Waals surface area contributed by atoms with Crippen molar-refractivity contribution >= 4 is 21.9 Å². The topological polar surface area (TPSA) is 61.6 Å². The van der Waals surface area contributed by atoms with E-state index in [9.17, 15) is 0 Å². The molecule has 2 heterocycles. The fourth-order valence-electron chi connectivity index (χ4n) is 3.10. The zero-order chi connectivity index (χ0) is 18.5. The first-order valence-corrected chi connectivity index (χ1v) is 9.56. The summed E-state index contributed by atoms with van der Waals surface area (Å²) in [6.45, 7) is 7.37. The Kier molecular flexibility index (Phi) is 6.50. The van der Waals surface area contributed by atoms with E-state index in [1.807, 2.05) is 24.3 Å².